The van der Waals surface area contributed by atoms with Gasteiger partial charge in [0.25, 0.3) is 0 Å². The molecule has 2 nitrogen and oxygen atoms in total. The van der Waals surface area contributed by atoms with Gasteiger partial charge in [0.2, 0.25) is 0 Å². The van der Waals surface area contributed by atoms with E-state index in [1.54, 1.807) is 0 Å². The van der Waals surface area contributed by atoms with Gasteiger partial charge in [0.1, 0.15) is 6.17 Å². The number of alkyl halides is 1. The molecule has 124 valence electrons. The van der Waals surface area contributed by atoms with Crippen molar-refractivity contribution in [2.24, 2.45) is 28.6 Å². The minimum Gasteiger partial charge on any atom is -0.392 e. The summed E-state index contributed by atoms with van der Waals surface area (Å²) >= 11 is 0. The molecule has 0 radical (unpaired) electrons. The first-order valence-electron chi connectivity index (χ1n) is 9.08. The summed E-state index contributed by atoms with van der Waals surface area (Å²) < 4.78 is 14.2. The fourth-order valence-corrected chi connectivity index (χ4v) is 6.66. The molecule has 0 saturated heterocycles. The zero-order valence-corrected chi connectivity index (χ0v) is 13.8. The smallest absolute Gasteiger partial charge is 0.127 e. The summed E-state index contributed by atoms with van der Waals surface area (Å²) in [7, 11) is 0. The van der Waals surface area contributed by atoms with E-state index in [4.69, 9.17) is 0 Å². The standard InChI is InChI=1S/C19H29FO2/c1-18-9-8-13-12(14(18)10-15(20)17(18)22)7-6-11-4-3-5-16(21)19(11,13)2/h6,12-17,21-22H,3-5,7-10H2,1-2H3/t12-,13+,14+,15-,16+,17+,18+,19+/m1/s1. The van der Waals surface area contributed by atoms with E-state index in [1.807, 2.05) is 0 Å². The highest BCUT2D eigenvalue weighted by Gasteiger charge is 2.62. The maximum Gasteiger partial charge on any atom is 0.127 e. The van der Waals surface area contributed by atoms with Gasteiger partial charge in [0.15, 0.2) is 0 Å². The molecule has 0 heterocycles. The van der Waals surface area contributed by atoms with Crippen molar-refractivity contribution in [3.63, 3.8) is 0 Å². The van der Waals surface area contributed by atoms with Crippen LogP contribution in [0.3, 0.4) is 0 Å². The quantitative estimate of drug-likeness (QED) is 0.671. The Hall–Kier alpha value is -0.410. The maximum atomic E-state index is 14.2. The van der Waals surface area contributed by atoms with E-state index < -0.39 is 12.3 Å². The van der Waals surface area contributed by atoms with Gasteiger partial charge in [-0.25, -0.2) is 4.39 Å². The van der Waals surface area contributed by atoms with Gasteiger partial charge in [-0.05, 0) is 68.1 Å². The van der Waals surface area contributed by atoms with Crippen molar-refractivity contribution in [1.29, 1.82) is 0 Å². The summed E-state index contributed by atoms with van der Waals surface area (Å²) in [6.45, 7) is 4.34. The van der Waals surface area contributed by atoms with Crippen molar-refractivity contribution in [2.45, 2.75) is 77.2 Å². The number of fused-ring (bicyclic) bond motifs is 5. The van der Waals surface area contributed by atoms with E-state index >= 15 is 0 Å². The van der Waals surface area contributed by atoms with E-state index in [-0.39, 0.29) is 22.9 Å². The van der Waals surface area contributed by atoms with E-state index in [0.29, 0.717) is 18.3 Å². The highest BCUT2D eigenvalue weighted by atomic mass is 19.1. The zero-order chi connectivity index (χ0) is 15.7. The van der Waals surface area contributed by atoms with E-state index in [9.17, 15) is 14.6 Å². The molecule has 8 atom stereocenters. The van der Waals surface area contributed by atoms with Crippen LogP contribution in [0.5, 0.6) is 0 Å². The molecule has 4 aliphatic carbocycles. The molecule has 3 saturated carbocycles. The summed E-state index contributed by atoms with van der Waals surface area (Å²) in [4.78, 5) is 0. The molecule has 0 aromatic carbocycles. The van der Waals surface area contributed by atoms with Crippen molar-refractivity contribution in [2.75, 3.05) is 0 Å². The third-order valence-corrected chi connectivity index (χ3v) is 8.09. The number of hydrogen-bond acceptors (Lipinski definition) is 2. The van der Waals surface area contributed by atoms with Crippen molar-refractivity contribution < 1.29 is 14.6 Å². The lowest BCUT2D eigenvalue weighted by molar-refractivity contribution is -0.102. The Balaban J connectivity index is 1.72. The van der Waals surface area contributed by atoms with Crippen LogP contribution >= 0.6 is 0 Å². The summed E-state index contributed by atoms with van der Waals surface area (Å²) in [5.74, 6) is 1.15. The summed E-state index contributed by atoms with van der Waals surface area (Å²) in [6, 6.07) is 0. The van der Waals surface area contributed by atoms with Crippen LogP contribution in [0.25, 0.3) is 0 Å². The SMILES string of the molecule is C[C@]12CC[C@H]3[C@@H](CC=C4CCC[C@H](O)[C@@]43C)[C@@H]1C[C@@H](F)[C@@H]2O. The van der Waals surface area contributed by atoms with Crippen molar-refractivity contribution >= 4 is 0 Å². The highest BCUT2D eigenvalue weighted by molar-refractivity contribution is 5.26. The van der Waals surface area contributed by atoms with Crippen LogP contribution in [0.4, 0.5) is 4.39 Å². The molecule has 4 rings (SSSR count). The fraction of sp³-hybridized carbons (Fsp3) is 0.895. The van der Waals surface area contributed by atoms with Crippen LogP contribution in [0, 0.1) is 28.6 Å². The molecule has 0 aliphatic heterocycles. The minimum absolute atomic E-state index is 0.109. The normalized spacial score (nSPS) is 57.6. The molecule has 4 aliphatic rings. The van der Waals surface area contributed by atoms with Gasteiger partial charge in [-0.1, -0.05) is 25.5 Å². The van der Waals surface area contributed by atoms with Gasteiger partial charge < -0.3 is 10.2 Å². The van der Waals surface area contributed by atoms with Crippen LogP contribution in [0.2, 0.25) is 0 Å². The number of hydrogen-bond donors (Lipinski definition) is 2. The number of rotatable bonds is 0. The van der Waals surface area contributed by atoms with Crippen molar-refractivity contribution in [3.8, 4) is 0 Å². The fourth-order valence-electron chi connectivity index (χ4n) is 6.66. The molecule has 2 N–H and O–H groups in total. The summed E-state index contributed by atoms with van der Waals surface area (Å²) in [5.41, 5.74) is 1.08. The van der Waals surface area contributed by atoms with Crippen LogP contribution in [0.1, 0.15) is 58.8 Å². The average Bonchev–Trinajstić information content (AvgIpc) is 2.72. The Morgan fingerprint density at radius 1 is 1.18 bits per heavy atom. The number of allylic oxidation sites excluding steroid dienone is 1. The van der Waals surface area contributed by atoms with Crippen molar-refractivity contribution in [1.82, 2.24) is 0 Å². The first kappa shape index (κ1) is 15.1. The Morgan fingerprint density at radius 2 is 1.95 bits per heavy atom. The first-order chi connectivity index (χ1) is 10.4. The van der Waals surface area contributed by atoms with Gasteiger partial charge >= 0.3 is 0 Å². The third kappa shape index (κ3) is 1.73. The second-order valence-electron chi connectivity index (χ2n) is 8.77. The lowest BCUT2D eigenvalue weighted by atomic mass is 9.47. The minimum atomic E-state index is -1.07. The molecule has 22 heavy (non-hydrogen) atoms. The molecule has 0 bridgehead atoms. The summed E-state index contributed by atoms with van der Waals surface area (Å²) in [5, 5.41) is 21.1. The third-order valence-electron chi connectivity index (χ3n) is 8.09. The van der Waals surface area contributed by atoms with Crippen LogP contribution in [-0.4, -0.2) is 28.6 Å². The largest absolute Gasteiger partial charge is 0.392 e. The Morgan fingerprint density at radius 3 is 2.73 bits per heavy atom. The predicted octanol–water partition coefficient (Wildman–Crippen LogP) is 3.62. The average molecular weight is 308 g/mol. The van der Waals surface area contributed by atoms with Gasteiger partial charge in [-0.2, -0.15) is 0 Å². The molecular weight excluding hydrogens is 279 g/mol. The molecule has 0 unspecified atom stereocenters. The highest BCUT2D eigenvalue weighted by Crippen LogP contribution is 2.65. The first-order valence-corrected chi connectivity index (χ1v) is 9.08. The molecule has 3 fully saturated rings. The monoisotopic (exact) mass is 308 g/mol. The predicted molar refractivity (Wildman–Crippen MR) is 84.0 cm³/mol. The molecule has 3 heteroatoms. The molecule has 0 aromatic rings. The number of halogens is 1. The second kappa shape index (κ2) is 4.80. The lowest BCUT2D eigenvalue weighted by Gasteiger charge is -2.58. The van der Waals surface area contributed by atoms with Crippen LogP contribution < -0.4 is 0 Å². The van der Waals surface area contributed by atoms with Crippen LogP contribution in [0.15, 0.2) is 11.6 Å². The Bertz CT molecular complexity index is 504. The Labute approximate surface area is 132 Å². The summed E-state index contributed by atoms with van der Waals surface area (Å²) in [6.07, 6.45) is 6.78. The second-order valence-corrected chi connectivity index (χ2v) is 8.77. The molecular formula is C19H29FO2. The van der Waals surface area contributed by atoms with Gasteiger partial charge in [0.05, 0.1) is 12.2 Å². The zero-order valence-electron chi connectivity index (χ0n) is 13.8. The molecule has 0 amide bonds. The van der Waals surface area contributed by atoms with Gasteiger partial charge in [-0.3, -0.25) is 0 Å². The van der Waals surface area contributed by atoms with Gasteiger partial charge in [-0.15, -0.1) is 0 Å². The van der Waals surface area contributed by atoms with Crippen LogP contribution in [-0.2, 0) is 0 Å². The van der Waals surface area contributed by atoms with E-state index in [1.165, 1.54) is 5.57 Å². The lowest BCUT2D eigenvalue weighted by Crippen LogP contribution is -2.54. The van der Waals surface area contributed by atoms with Gasteiger partial charge in [0, 0.05) is 5.41 Å². The number of aliphatic hydroxyl groups excluding tert-OH is 2. The van der Waals surface area contributed by atoms with E-state index in [2.05, 4.69) is 19.9 Å². The number of aliphatic hydroxyl groups is 2. The van der Waals surface area contributed by atoms with Crippen molar-refractivity contribution in [3.05, 3.63) is 11.6 Å². The molecule has 0 aromatic heterocycles. The Kier molecular flexibility index (Phi) is 3.30. The maximum absolute atomic E-state index is 14.2. The van der Waals surface area contributed by atoms with E-state index in [0.717, 1.165) is 38.5 Å². The topological polar surface area (TPSA) is 40.5 Å². The molecule has 0 spiro atoms.